The summed E-state index contributed by atoms with van der Waals surface area (Å²) in [6.07, 6.45) is -2.02. The van der Waals surface area contributed by atoms with Crippen molar-refractivity contribution in [1.29, 1.82) is 0 Å². The highest BCUT2D eigenvalue weighted by Gasteiger charge is 2.17. The molecule has 2 unspecified atom stereocenters. The molecule has 1 rings (SSSR count). The molecule has 0 saturated heterocycles. The van der Waals surface area contributed by atoms with Gasteiger partial charge in [0.25, 0.3) is 0 Å². The molecule has 0 radical (unpaired) electrons. The van der Waals surface area contributed by atoms with Crippen molar-refractivity contribution in [2.45, 2.75) is 12.2 Å². The Morgan fingerprint density at radius 1 is 1.50 bits per heavy atom. The molecule has 0 spiro atoms. The molecule has 0 aliphatic rings. The van der Waals surface area contributed by atoms with E-state index in [1.807, 2.05) is 0 Å². The molecule has 0 bridgehead atoms. The Labute approximate surface area is 104 Å². The number of aliphatic hydroxyl groups excluding tert-OH is 2. The zero-order valence-electron chi connectivity index (χ0n) is 8.43. The number of halogens is 1. The van der Waals surface area contributed by atoms with Crippen LogP contribution >= 0.6 is 23.8 Å². The number of alkyl halides is 1. The summed E-state index contributed by atoms with van der Waals surface area (Å²) in [5.41, 5.74) is 6.53. The normalized spacial score (nSPS) is 14.2. The van der Waals surface area contributed by atoms with E-state index in [0.717, 1.165) is 0 Å². The molecule has 0 heterocycles. The van der Waals surface area contributed by atoms with Gasteiger partial charge < -0.3 is 21.3 Å². The van der Waals surface area contributed by atoms with Gasteiger partial charge in [-0.1, -0.05) is 12.1 Å². The van der Waals surface area contributed by atoms with Gasteiger partial charge in [0, 0.05) is 5.69 Å². The fourth-order valence-corrected chi connectivity index (χ4v) is 1.54. The van der Waals surface area contributed by atoms with Crippen molar-refractivity contribution < 1.29 is 10.2 Å². The third-order valence-electron chi connectivity index (χ3n) is 2.02. The van der Waals surface area contributed by atoms with Gasteiger partial charge in [-0.2, -0.15) is 0 Å². The van der Waals surface area contributed by atoms with Gasteiger partial charge in [-0.15, -0.1) is 11.6 Å². The van der Waals surface area contributed by atoms with Crippen LogP contribution in [-0.4, -0.2) is 27.3 Å². The van der Waals surface area contributed by atoms with Crippen molar-refractivity contribution in [2.24, 2.45) is 5.73 Å². The number of rotatable bonds is 4. The summed E-state index contributed by atoms with van der Waals surface area (Å²) in [7, 11) is 0. The number of aliphatic hydroxyl groups is 2. The van der Waals surface area contributed by atoms with Gasteiger partial charge in [0.05, 0.1) is 12.0 Å². The van der Waals surface area contributed by atoms with Crippen LogP contribution < -0.4 is 11.1 Å². The maximum Gasteiger partial charge on any atom is 0.168 e. The molecule has 0 amide bonds. The molecule has 0 aliphatic heterocycles. The molecule has 0 fully saturated rings. The van der Waals surface area contributed by atoms with Crippen LogP contribution in [0.2, 0.25) is 0 Å². The molecular formula is C10H13ClN2O2S. The number of nitrogens with one attached hydrogen (secondary N) is 1. The quantitative estimate of drug-likeness (QED) is 0.479. The highest BCUT2D eigenvalue weighted by atomic mass is 35.5. The lowest BCUT2D eigenvalue weighted by Crippen LogP contribution is -2.21. The number of benzene rings is 1. The molecule has 88 valence electrons. The second-order valence-electron chi connectivity index (χ2n) is 3.28. The number of anilines is 1. The minimum Gasteiger partial charge on any atom is -0.389 e. The van der Waals surface area contributed by atoms with Crippen LogP contribution in [0.15, 0.2) is 24.3 Å². The highest BCUT2D eigenvalue weighted by molar-refractivity contribution is 7.80. The van der Waals surface area contributed by atoms with Crippen molar-refractivity contribution in [3.8, 4) is 0 Å². The first-order valence-electron chi connectivity index (χ1n) is 4.63. The van der Waals surface area contributed by atoms with Crippen LogP contribution in [0, 0.1) is 0 Å². The fraction of sp³-hybridized carbons (Fsp3) is 0.300. The minimum atomic E-state index is -1.02. The van der Waals surface area contributed by atoms with E-state index in [-0.39, 0.29) is 11.0 Å². The van der Waals surface area contributed by atoms with E-state index in [2.05, 4.69) is 5.32 Å². The van der Waals surface area contributed by atoms with E-state index >= 15 is 0 Å². The largest absolute Gasteiger partial charge is 0.389 e. The second kappa shape index (κ2) is 6.00. The zero-order valence-corrected chi connectivity index (χ0v) is 10.0. The molecule has 1 aromatic carbocycles. The Morgan fingerprint density at radius 3 is 2.75 bits per heavy atom. The second-order valence-corrected chi connectivity index (χ2v) is 4.03. The maximum absolute atomic E-state index is 9.72. The van der Waals surface area contributed by atoms with Crippen LogP contribution in [0.1, 0.15) is 11.7 Å². The summed E-state index contributed by atoms with van der Waals surface area (Å²) in [6, 6.07) is 6.81. The van der Waals surface area contributed by atoms with Crippen molar-refractivity contribution in [3.63, 3.8) is 0 Å². The number of thiocarbonyl (C=S) groups is 1. The van der Waals surface area contributed by atoms with E-state index in [9.17, 15) is 10.2 Å². The maximum atomic E-state index is 9.72. The van der Waals surface area contributed by atoms with E-state index in [0.29, 0.717) is 11.3 Å². The first-order chi connectivity index (χ1) is 7.54. The van der Waals surface area contributed by atoms with E-state index in [4.69, 9.17) is 29.6 Å². The third-order valence-corrected chi connectivity index (χ3v) is 2.44. The number of hydrogen-bond acceptors (Lipinski definition) is 3. The number of hydrogen-bond donors (Lipinski definition) is 4. The monoisotopic (exact) mass is 260 g/mol. The van der Waals surface area contributed by atoms with Crippen LogP contribution in [0.25, 0.3) is 0 Å². The zero-order chi connectivity index (χ0) is 12.1. The molecule has 16 heavy (non-hydrogen) atoms. The molecule has 5 N–H and O–H groups in total. The topological polar surface area (TPSA) is 78.5 Å². The summed E-state index contributed by atoms with van der Waals surface area (Å²) < 4.78 is 0. The molecular weight excluding hydrogens is 248 g/mol. The van der Waals surface area contributed by atoms with Gasteiger partial charge >= 0.3 is 0 Å². The predicted octanol–water partition coefficient (Wildman–Crippen LogP) is 0.975. The Bertz CT molecular complexity index is 376. The Kier molecular flexibility index (Phi) is 4.95. The molecule has 1 aromatic rings. The van der Waals surface area contributed by atoms with Gasteiger partial charge in [0.15, 0.2) is 5.11 Å². The summed E-state index contributed by atoms with van der Waals surface area (Å²) >= 11 is 10.1. The smallest absolute Gasteiger partial charge is 0.168 e. The van der Waals surface area contributed by atoms with Crippen molar-refractivity contribution in [3.05, 3.63) is 29.8 Å². The van der Waals surface area contributed by atoms with Gasteiger partial charge in [-0.05, 0) is 29.9 Å². The van der Waals surface area contributed by atoms with Crippen molar-refractivity contribution >= 4 is 34.6 Å². The van der Waals surface area contributed by atoms with E-state index < -0.39 is 12.2 Å². The molecule has 0 aliphatic carbocycles. The molecule has 0 saturated carbocycles. The lowest BCUT2D eigenvalue weighted by Gasteiger charge is -2.16. The molecule has 6 heteroatoms. The average Bonchev–Trinajstić information content (AvgIpc) is 2.26. The standard InChI is InChI=1S/C10H13ClN2O2S/c11-5-8(14)9(15)6-2-1-3-7(4-6)13-10(12)16/h1-4,8-9,14-15H,5H2,(H3,12,13,16). The highest BCUT2D eigenvalue weighted by Crippen LogP contribution is 2.21. The number of nitrogens with two attached hydrogens (primary N) is 1. The van der Waals surface area contributed by atoms with Gasteiger partial charge in [-0.3, -0.25) is 0 Å². The summed E-state index contributed by atoms with van der Waals surface area (Å²) in [6.45, 7) is 0. The lowest BCUT2D eigenvalue weighted by atomic mass is 10.0. The first-order valence-corrected chi connectivity index (χ1v) is 5.57. The van der Waals surface area contributed by atoms with E-state index in [1.54, 1.807) is 24.3 Å². The van der Waals surface area contributed by atoms with Gasteiger partial charge in [0.1, 0.15) is 6.10 Å². The summed E-state index contributed by atoms with van der Waals surface area (Å²) in [5.74, 6) is -0.0336. The third kappa shape index (κ3) is 3.61. The predicted molar refractivity (Wildman–Crippen MR) is 68.5 cm³/mol. The summed E-state index contributed by atoms with van der Waals surface area (Å²) in [4.78, 5) is 0. The fourth-order valence-electron chi connectivity index (χ4n) is 1.25. The van der Waals surface area contributed by atoms with Crippen LogP contribution in [0.4, 0.5) is 5.69 Å². The summed E-state index contributed by atoms with van der Waals surface area (Å²) in [5, 5.41) is 22.0. The Morgan fingerprint density at radius 2 is 2.19 bits per heavy atom. The molecule has 0 aromatic heterocycles. The van der Waals surface area contributed by atoms with Gasteiger partial charge in [0.2, 0.25) is 0 Å². The molecule has 4 nitrogen and oxygen atoms in total. The van der Waals surface area contributed by atoms with Crippen LogP contribution in [0.5, 0.6) is 0 Å². The first kappa shape index (κ1) is 13.2. The van der Waals surface area contributed by atoms with Gasteiger partial charge in [-0.25, -0.2) is 0 Å². The Hall–Kier alpha value is -0.880. The Balaban J connectivity index is 2.85. The van der Waals surface area contributed by atoms with Crippen LogP contribution in [0.3, 0.4) is 0 Å². The minimum absolute atomic E-state index is 0.0336. The molecule has 2 atom stereocenters. The van der Waals surface area contributed by atoms with E-state index in [1.165, 1.54) is 0 Å². The average molecular weight is 261 g/mol. The SMILES string of the molecule is NC(=S)Nc1cccc(C(O)C(O)CCl)c1. The van der Waals surface area contributed by atoms with Crippen molar-refractivity contribution in [2.75, 3.05) is 11.2 Å². The van der Waals surface area contributed by atoms with Crippen molar-refractivity contribution in [1.82, 2.24) is 0 Å². The van der Waals surface area contributed by atoms with Crippen LogP contribution in [-0.2, 0) is 0 Å². The lowest BCUT2D eigenvalue weighted by molar-refractivity contribution is 0.0327.